The van der Waals surface area contributed by atoms with Crippen LogP contribution in [0.2, 0.25) is 0 Å². The maximum absolute atomic E-state index is 11.5. The van der Waals surface area contributed by atoms with E-state index >= 15 is 0 Å². The number of carbonyl (C=O) groups excluding carboxylic acids is 1. The van der Waals surface area contributed by atoms with Gasteiger partial charge in [-0.25, -0.2) is 0 Å². The van der Waals surface area contributed by atoms with Crippen LogP contribution in [0.1, 0.15) is 20.3 Å². The van der Waals surface area contributed by atoms with E-state index < -0.39 is 0 Å². The van der Waals surface area contributed by atoms with Crippen molar-refractivity contribution in [3.05, 3.63) is 0 Å². The van der Waals surface area contributed by atoms with E-state index in [-0.39, 0.29) is 24.6 Å². The second kappa shape index (κ2) is 7.27. The highest BCUT2D eigenvalue weighted by Crippen LogP contribution is 1.99. The van der Waals surface area contributed by atoms with Crippen LogP contribution in [0.3, 0.4) is 0 Å². The minimum absolute atomic E-state index is 0.0824. The van der Waals surface area contributed by atoms with Crippen LogP contribution in [0.4, 0.5) is 0 Å². The molecule has 0 aromatic heterocycles. The molecule has 0 fully saturated rings. The van der Waals surface area contributed by atoms with Gasteiger partial charge in [0.2, 0.25) is 5.91 Å². The van der Waals surface area contributed by atoms with Crippen LogP contribution in [-0.4, -0.2) is 48.2 Å². The van der Waals surface area contributed by atoms with Crippen molar-refractivity contribution in [2.75, 3.05) is 20.1 Å². The van der Waals surface area contributed by atoms with Gasteiger partial charge in [0.25, 0.3) is 0 Å². The Hall–Kier alpha value is -1.05. The van der Waals surface area contributed by atoms with E-state index in [9.17, 15) is 4.79 Å². The number of hydrogen-bond donors (Lipinski definition) is 2. The Morgan fingerprint density at radius 1 is 1.60 bits per heavy atom. The van der Waals surface area contributed by atoms with Crippen molar-refractivity contribution < 1.29 is 9.90 Å². The minimum Gasteiger partial charge on any atom is -0.393 e. The molecule has 0 aliphatic carbocycles. The summed E-state index contributed by atoms with van der Waals surface area (Å²) >= 11 is 0. The first-order chi connectivity index (χ1) is 6.99. The van der Waals surface area contributed by atoms with Crippen LogP contribution in [0.5, 0.6) is 0 Å². The van der Waals surface area contributed by atoms with Crippen LogP contribution in [0.25, 0.3) is 0 Å². The van der Waals surface area contributed by atoms with Gasteiger partial charge in [-0.1, -0.05) is 5.92 Å². The molecule has 0 aromatic carbocycles. The highest BCUT2D eigenvalue weighted by Gasteiger charge is 2.17. The maximum atomic E-state index is 11.5. The molecule has 0 radical (unpaired) electrons. The molecule has 0 bridgehead atoms. The average Bonchev–Trinajstić information content (AvgIpc) is 2.21. The lowest BCUT2D eigenvalue weighted by Gasteiger charge is -2.23. The molecule has 0 heterocycles. The lowest BCUT2D eigenvalue weighted by molar-refractivity contribution is -0.125. The number of aliphatic hydroxyl groups excluding tert-OH is 1. The topological polar surface area (TPSA) is 52.6 Å². The molecule has 1 amide bonds. The smallest absolute Gasteiger partial charge is 0.237 e. The van der Waals surface area contributed by atoms with Crippen molar-refractivity contribution in [3.8, 4) is 12.3 Å². The molecular weight excluding hydrogens is 192 g/mol. The van der Waals surface area contributed by atoms with Gasteiger partial charge in [0.1, 0.15) is 0 Å². The quantitative estimate of drug-likeness (QED) is 0.601. The molecule has 2 unspecified atom stereocenters. The zero-order valence-electron chi connectivity index (χ0n) is 9.66. The summed E-state index contributed by atoms with van der Waals surface area (Å²) in [6.07, 6.45) is 5.36. The number of carbonyl (C=O) groups is 1. The Labute approximate surface area is 91.7 Å². The van der Waals surface area contributed by atoms with E-state index in [2.05, 4.69) is 11.2 Å². The number of rotatable bonds is 6. The van der Waals surface area contributed by atoms with Crippen molar-refractivity contribution in [1.82, 2.24) is 10.2 Å². The molecule has 0 saturated heterocycles. The normalized spacial score (nSPS) is 14.4. The van der Waals surface area contributed by atoms with E-state index in [1.807, 2.05) is 18.9 Å². The maximum Gasteiger partial charge on any atom is 0.237 e. The second-order valence-corrected chi connectivity index (χ2v) is 3.72. The van der Waals surface area contributed by atoms with Gasteiger partial charge in [0, 0.05) is 6.54 Å². The van der Waals surface area contributed by atoms with Crippen molar-refractivity contribution in [2.24, 2.45) is 0 Å². The Morgan fingerprint density at radius 2 is 2.20 bits per heavy atom. The molecule has 15 heavy (non-hydrogen) atoms. The Bertz CT molecular complexity index is 233. The van der Waals surface area contributed by atoms with Gasteiger partial charge in [0.15, 0.2) is 0 Å². The number of likely N-dealkylation sites (N-methyl/N-ethyl adjacent to an activating group) is 1. The van der Waals surface area contributed by atoms with Gasteiger partial charge in [0.05, 0.1) is 18.7 Å². The number of amides is 1. The summed E-state index contributed by atoms with van der Waals surface area (Å²) in [4.78, 5) is 13.4. The highest BCUT2D eigenvalue weighted by atomic mass is 16.3. The molecule has 0 spiro atoms. The number of nitrogens with zero attached hydrogens (tertiary/aromatic N) is 1. The first kappa shape index (κ1) is 13.9. The molecular formula is C11H20N2O2. The lowest BCUT2D eigenvalue weighted by atomic mass is 10.2. The molecule has 2 atom stereocenters. The monoisotopic (exact) mass is 212 g/mol. The van der Waals surface area contributed by atoms with Crippen molar-refractivity contribution in [3.63, 3.8) is 0 Å². The lowest BCUT2D eigenvalue weighted by Crippen LogP contribution is -2.44. The molecule has 4 heteroatoms. The van der Waals surface area contributed by atoms with Crippen LogP contribution < -0.4 is 5.32 Å². The van der Waals surface area contributed by atoms with E-state index in [0.29, 0.717) is 13.0 Å². The fourth-order valence-corrected chi connectivity index (χ4v) is 1.07. The molecule has 86 valence electrons. The van der Waals surface area contributed by atoms with E-state index in [1.165, 1.54) is 0 Å². The number of hydrogen-bond acceptors (Lipinski definition) is 3. The third-order valence-electron chi connectivity index (χ3n) is 2.30. The standard InChI is InChI=1S/C11H20N2O2/c1-5-7-12-11(15)10(3)13(4)8-6-9(2)14/h1,9-10,14H,6-8H2,2-4H3,(H,12,15). The third kappa shape index (κ3) is 6.10. The average molecular weight is 212 g/mol. The van der Waals surface area contributed by atoms with E-state index in [0.717, 1.165) is 0 Å². The number of nitrogens with one attached hydrogen (secondary N) is 1. The third-order valence-corrected chi connectivity index (χ3v) is 2.30. The zero-order valence-corrected chi connectivity index (χ0v) is 9.66. The van der Waals surface area contributed by atoms with Gasteiger partial charge in [-0.15, -0.1) is 6.42 Å². The minimum atomic E-state index is -0.339. The summed E-state index contributed by atoms with van der Waals surface area (Å²) in [5.74, 6) is 2.27. The molecule has 0 aliphatic heterocycles. The van der Waals surface area contributed by atoms with Crippen molar-refractivity contribution >= 4 is 5.91 Å². The van der Waals surface area contributed by atoms with Crippen molar-refractivity contribution in [2.45, 2.75) is 32.4 Å². The van der Waals surface area contributed by atoms with Gasteiger partial charge in [-0.3, -0.25) is 9.69 Å². The summed E-state index contributed by atoms with van der Waals surface area (Å²) in [6.45, 7) is 4.49. The summed E-state index contributed by atoms with van der Waals surface area (Å²) in [5, 5.41) is 11.7. The summed E-state index contributed by atoms with van der Waals surface area (Å²) in [5.41, 5.74) is 0. The fourth-order valence-electron chi connectivity index (χ4n) is 1.07. The first-order valence-electron chi connectivity index (χ1n) is 5.08. The van der Waals surface area contributed by atoms with E-state index in [4.69, 9.17) is 11.5 Å². The molecule has 0 rings (SSSR count). The molecule has 0 saturated carbocycles. The van der Waals surface area contributed by atoms with Gasteiger partial charge in [-0.2, -0.15) is 0 Å². The van der Waals surface area contributed by atoms with Gasteiger partial charge in [-0.05, 0) is 27.3 Å². The zero-order chi connectivity index (χ0) is 11.8. The Kier molecular flexibility index (Phi) is 6.76. The molecule has 0 aliphatic rings. The summed E-state index contributed by atoms with van der Waals surface area (Å²) < 4.78 is 0. The molecule has 0 aromatic rings. The summed E-state index contributed by atoms with van der Waals surface area (Å²) in [7, 11) is 1.85. The van der Waals surface area contributed by atoms with Crippen LogP contribution in [0.15, 0.2) is 0 Å². The van der Waals surface area contributed by atoms with Crippen LogP contribution in [-0.2, 0) is 4.79 Å². The highest BCUT2D eigenvalue weighted by molar-refractivity contribution is 5.81. The van der Waals surface area contributed by atoms with Crippen LogP contribution >= 0.6 is 0 Å². The second-order valence-electron chi connectivity index (χ2n) is 3.72. The van der Waals surface area contributed by atoms with Gasteiger partial charge < -0.3 is 10.4 Å². The van der Waals surface area contributed by atoms with Crippen molar-refractivity contribution in [1.29, 1.82) is 0 Å². The molecule has 4 nitrogen and oxygen atoms in total. The Balaban J connectivity index is 3.91. The predicted molar refractivity (Wildman–Crippen MR) is 60.2 cm³/mol. The van der Waals surface area contributed by atoms with Crippen LogP contribution in [0, 0.1) is 12.3 Å². The van der Waals surface area contributed by atoms with Gasteiger partial charge >= 0.3 is 0 Å². The number of aliphatic hydroxyl groups is 1. The SMILES string of the molecule is C#CCNC(=O)C(C)N(C)CCC(C)O. The molecule has 2 N–H and O–H groups in total. The van der Waals surface area contributed by atoms with E-state index in [1.54, 1.807) is 6.92 Å². The number of terminal acetylenes is 1. The first-order valence-corrected chi connectivity index (χ1v) is 5.08. The largest absolute Gasteiger partial charge is 0.393 e. The fraction of sp³-hybridized carbons (Fsp3) is 0.727. The predicted octanol–water partition coefficient (Wildman–Crippen LogP) is -0.173. The Morgan fingerprint density at radius 3 is 2.67 bits per heavy atom. The summed E-state index contributed by atoms with van der Waals surface area (Å²) in [6, 6.07) is -0.225.